The molecule has 0 bridgehead atoms. The summed E-state index contributed by atoms with van der Waals surface area (Å²) in [5, 5.41) is 3.08. The predicted octanol–water partition coefficient (Wildman–Crippen LogP) is 1.80. The highest BCUT2D eigenvalue weighted by Gasteiger charge is 2.18. The molecule has 1 aromatic rings. The Morgan fingerprint density at radius 1 is 1.41 bits per heavy atom. The molecule has 1 amide bonds. The van der Waals surface area contributed by atoms with Crippen molar-refractivity contribution in [2.45, 2.75) is 23.8 Å². The van der Waals surface area contributed by atoms with Gasteiger partial charge in [0.25, 0.3) is 5.91 Å². The average molecular weight is 250 g/mol. The number of amides is 1. The van der Waals surface area contributed by atoms with Crippen LogP contribution in [0.1, 0.15) is 23.2 Å². The topological polar surface area (TPSA) is 32.3 Å². The van der Waals surface area contributed by atoms with E-state index in [0.717, 1.165) is 30.8 Å². The zero-order chi connectivity index (χ0) is 12.3. The summed E-state index contributed by atoms with van der Waals surface area (Å²) in [6.07, 6.45) is 2.06. The van der Waals surface area contributed by atoms with Crippen molar-refractivity contribution in [3.63, 3.8) is 0 Å². The first-order valence-electron chi connectivity index (χ1n) is 5.93. The van der Waals surface area contributed by atoms with Gasteiger partial charge in [-0.1, -0.05) is 6.07 Å². The van der Waals surface area contributed by atoms with Gasteiger partial charge in [0.15, 0.2) is 0 Å². The zero-order valence-corrected chi connectivity index (χ0v) is 10.9. The Morgan fingerprint density at radius 2 is 2.12 bits per heavy atom. The molecule has 1 heterocycles. The van der Waals surface area contributed by atoms with Crippen LogP contribution in [0.4, 0.5) is 0 Å². The fourth-order valence-electron chi connectivity index (χ4n) is 2.07. The summed E-state index contributed by atoms with van der Waals surface area (Å²) in [6, 6.07) is 7.65. The molecule has 1 aliphatic heterocycles. The molecule has 2 rings (SSSR count). The van der Waals surface area contributed by atoms with E-state index in [0.29, 0.717) is 11.6 Å². The highest BCUT2D eigenvalue weighted by atomic mass is 32.1. The average Bonchev–Trinajstić information content (AvgIpc) is 2.32. The number of carbonyl (C=O) groups excluding carboxylic acids is 1. The lowest BCUT2D eigenvalue weighted by Gasteiger charge is -2.29. The molecule has 0 aliphatic carbocycles. The second-order valence-electron chi connectivity index (χ2n) is 4.60. The van der Waals surface area contributed by atoms with Crippen LogP contribution in [0.25, 0.3) is 0 Å². The van der Waals surface area contributed by atoms with Gasteiger partial charge in [-0.15, -0.1) is 12.6 Å². The number of likely N-dealkylation sites (tertiary alicyclic amines) is 1. The van der Waals surface area contributed by atoms with Crippen molar-refractivity contribution < 1.29 is 4.79 Å². The molecule has 4 heteroatoms. The number of benzene rings is 1. The van der Waals surface area contributed by atoms with Crippen LogP contribution in [0.5, 0.6) is 0 Å². The number of hydrogen-bond acceptors (Lipinski definition) is 3. The quantitative estimate of drug-likeness (QED) is 0.785. The lowest BCUT2D eigenvalue weighted by Crippen LogP contribution is -2.43. The number of nitrogens with zero attached hydrogens (tertiary/aromatic N) is 1. The van der Waals surface area contributed by atoms with E-state index in [2.05, 4.69) is 29.9 Å². The lowest BCUT2D eigenvalue weighted by molar-refractivity contribution is 0.0916. The summed E-state index contributed by atoms with van der Waals surface area (Å²) in [5.74, 6) is 0.00968. The van der Waals surface area contributed by atoms with Crippen LogP contribution < -0.4 is 5.32 Å². The van der Waals surface area contributed by atoms with Crippen molar-refractivity contribution in [1.29, 1.82) is 0 Å². The molecule has 1 saturated heterocycles. The van der Waals surface area contributed by atoms with Gasteiger partial charge in [0.05, 0.1) is 0 Å². The minimum Gasteiger partial charge on any atom is -0.349 e. The second-order valence-corrected chi connectivity index (χ2v) is 5.12. The number of hydrogen-bond donors (Lipinski definition) is 2. The molecule has 1 fully saturated rings. The Labute approximate surface area is 108 Å². The monoisotopic (exact) mass is 250 g/mol. The molecular weight excluding hydrogens is 232 g/mol. The van der Waals surface area contributed by atoms with Crippen LogP contribution in [0.3, 0.4) is 0 Å². The number of thiol groups is 1. The lowest BCUT2D eigenvalue weighted by atomic mass is 10.0. The predicted molar refractivity (Wildman–Crippen MR) is 71.7 cm³/mol. The van der Waals surface area contributed by atoms with E-state index in [4.69, 9.17) is 0 Å². The molecule has 0 aromatic heterocycles. The van der Waals surface area contributed by atoms with Gasteiger partial charge >= 0.3 is 0 Å². The maximum absolute atomic E-state index is 12.0. The Bertz CT molecular complexity index is 400. The van der Waals surface area contributed by atoms with E-state index in [9.17, 15) is 4.79 Å². The second kappa shape index (κ2) is 5.56. The van der Waals surface area contributed by atoms with E-state index >= 15 is 0 Å². The van der Waals surface area contributed by atoms with Crippen molar-refractivity contribution >= 4 is 18.5 Å². The van der Waals surface area contributed by atoms with Crippen molar-refractivity contribution in [3.05, 3.63) is 29.8 Å². The normalized spacial score (nSPS) is 18.0. The van der Waals surface area contributed by atoms with Crippen molar-refractivity contribution in [2.75, 3.05) is 20.1 Å². The van der Waals surface area contributed by atoms with Crippen LogP contribution >= 0.6 is 12.6 Å². The van der Waals surface area contributed by atoms with Crippen LogP contribution in [0.15, 0.2) is 29.2 Å². The van der Waals surface area contributed by atoms with Crippen molar-refractivity contribution in [3.8, 4) is 0 Å². The number of rotatable bonds is 2. The SMILES string of the molecule is CN1CCC(NC(=O)c2cccc(S)c2)CC1. The minimum atomic E-state index is 0.00968. The standard InChI is InChI=1S/C13H18N2OS/c1-15-7-5-11(6-8-15)14-13(16)10-3-2-4-12(17)9-10/h2-4,9,11,17H,5-8H2,1H3,(H,14,16). The maximum Gasteiger partial charge on any atom is 0.251 e. The molecule has 1 N–H and O–H groups in total. The van der Waals surface area contributed by atoms with Gasteiger partial charge < -0.3 is 10.2 Å². The van der Waals surface area contributed by atoms with Crippen LogP contribution in [-0.2, 0) is 0 Å². The molecule has 0 atom stereocenters. The molecule has 1 aromatic carbocycles. The summed E-state index contributed by atoms with van der Waals surface area (Å²) in [7, 11) is 2.11. The number of carbonyl (C=O) groups is 1. The maximum atomic E-state index is 12.0. The Balaban J connectivity index is 1.93. The van der Waals surface area contributed by atoms with Gasteiger partial charge in [0, 0.05) is 16.5 Å². The van der Waals surface area contributed by atoms with Gasteiger partial charge in [0.1, 0.15) is 0 Å². The van der Waals surface area contributed by atoms with Crippen LogP contribution in [0, 0.1) is 0 Å². The Hall–Kier alpha value is -1.00. The molecule has 1 aliphatic rings. The Morgan fingerprint density at radius 3 is 2.76 bits per heavy atom. The first-order valence-corrected chi connectivity index (χ1v) is 6.38. The van der Waals surface area contributed by atoms with Crippen molar-refractivity contribution in [2.24, 2.45) is 0 Å². The van der Waals surface area contributed by atoms with Gasteiger partial charge in [-0.3, -0.25) is 4.79 Å². The minimum absolute atomic E-state index is 0.00968. The summed E-state index contributed by atoms with van der Waals surface area (Å²) in [6.45, 7) is 2.11. The van der Waals surface area contributed by atoms with Gasteiger partial charge in [0.2, 0.25) is 0 Å². The van der Waals surface area contributed by atoms with Crippen LogP contribution in [-0.4, -0.2) is 37.0 Å². The van der Waals surface area contributed by atoms with E-state index in [1.54, 1.807) is 6.07 Å². The number of piperidine rings is 1. The highest BCUT2D eigenvalue weighted by molar-refractivity contribution is 7.80. The molecule has 0 saturated carbocycles. The molecule has 0 unspecified atom stereocenters. The van der Waals surface area contributed by atoms with Gasteiger partial charge in [-0.2, -0.15) is 0 Å². The summed E-state index contributed by atoms with van der Waals surface area (Å²) in [5.41, 5.74) is 0.691. The van der Waals surface area contributed by atoms with E-state index in [1.165, 1.54) is 0 Å². The summed E-state index contributed by atoms with van der Waals surface area (Å²) >= 11 is 4.24. The molecule has 3 nitrogen and oxygen atoms in total. The third-order valence-electron chi connectivity index (χ3n) is 3.16. The number of nitrogens with one attached hydrogen (secondary N) is 1. The molecule has 0 radical (unpaired) electrons. The van der Waals surface area contributed by atoms with E-state index in [1.807, 2.05) is 18.2 Å². The summed E-state index contributed by atoms with van der Waals surface area (Å²) in [4.78, 5) is 15.1. The van der Waals surface area contributed by atoms with Crippen LogP contribution in [0.2, 0.25) is 0 Å². The molecule has 17 heavy (non-hydrogen) atoms. The third-order valence-corrected chi connectivity index (χ3v) is 3.44. The zero-order valence-electron chi connectivity index (χ0n) is 10.0. The molecule has 92 valence electrons. The Kier molecular flexibility index (Phi) is 4.07. The van der Waals surface area contributed by atoms with Gasteiger partial charge in [-0.05, 0) is 51.2 Å². The third kappa shape index (κ3) is 3.48. The molecular formula is C13H18N2OS. The van der Waals surface area contributed by atoms with E-state index in [-0.39, 0.29) is 5.91 Å². The fraction of sp³-hybridized carbons (Fsp3) is 0.462. The van der Waals surface area contributed by atoms with Crippen molar-refractivity contribution in [1.82, 2.24) is 10.2 Å². The largest absolute Gasteiger partial charge is 0.349 e. The van der Waals surface area contributed by atoms with E-state index < -0.39 is 0 Å². The smallest absolute Gasteiger partial charge is 0.251 e. The molecule has 0 spiro atoms. The van der Waals surface area contributed by atoms with Gasteiger partial charge in [-0.25, -0.2) is 0 Å². The highest BCUT2D eigenvalue weighted by Crippen LogP contribution is 2.12. The first kappa shape index (κ1) is 12.5. The first-order chi connectivity index (χ1) is 8.15. The summed E-state index contributed by atoms with van der Waals surface area (Å²) < 4.78 is 0. The fourth-order valence-corrected chi connectivity index (χ4v) is 2.29.